The fraction of sp³-hybridized carbons (Fsp3) is 0.417. The highest BCUT2D eigenvalue weighted by Gasteiger charge is 2.34. The molecule has 8 heteroatoms. The first kappa shape index (κ1) is 22.6. The number of nitrogens with one attached hydrogen (secondary N) is 2. The number of halogens is 1. The predicted octanol–water partition coefficient (Wildman–Crippen LogP) is 4.97. The largest absolute Gasteiger partial charge is 0.464 e. The smallest absolute Gasteiger partial charge is 0.253 e. The summed E-state index contributed by atoms with van der Waals surface area (Å²) in [5.41, 5.74) is 2.84. The van der Waals surface area contributed by atoms with E-state index in [1.807, 2.05) is 26.0 Å². The molecule has 170 valence electrons. The van der Waals surface area contributed by atoms with Gasteiger partial charge < -0.3 is 19.9 Å². The number of furan rings is 1. The van der Waals surface area contributed by atoms with Crippen LogP contribution in [-0.4, -0.2) is 12.2 Å². The quantitative estimate of drug-likeness (QED) is 0.506. The number of rotatable bonds is 6. The van der Waals surface area contributed by atoms with Crippen LogP contribution in [0.2, 0.25) is 5.02 Å². The molecular weight excluding hydrogens is 430 g/mol. The Kier molecular flexibility index (Phi) is 5.69. The fourth-order valence-electron chi connectivity index (χ4n) is 4.06. The minimum absolute atomic E-state index is 0.254. The number of aryl methyl sites for hydroxylation is 2. The minimum Gasteiger partial charge on any atom is -0.464 e. The Hall–Kier alpha value is -2.61. The van der Waals surface area contributed by atoms with E-state index >= 15 is 0 Å². The molecule has 2 aromatic carbocycles. The lowest BCUT2D eigenvalue weighted by molar-refractivity contribution is -0.137. The van der Waals surface area contributed by atoms with Gasteiger partial charge in [0, 0.05) is 10.7 Å². The van der Waals surface area contributed by atoms with Crippen LogP contribution in [0.4, 0.5) is 17.1 Å². The number of fused-ring (bicyclic) bond motifs is 1. The van der Waals surface area contributed by atoms with Crippen LogP contribution in [0.3, 0.4) is 0 Å². The monoisotopic (exact) mass is 457 g/mol. The first-order chi connectivity index (χ1) is 15.0. The molecule has 1 aliphatic heterocycles. The second-order valence-electron chi connectivity index (χ2n) is 9.40. The summed E-state index contributed by atoms with van der Waals surface area (Å²) in [6, 6.07) is 5.29. The van der Waals surface area contributed by atoms with E-state index in [1.54, 1.807) is 18.2 Å². The third kappa shape index (κ3) is 3.85. The summed E-state index contributed by atoms with van der Waals surface area (Å²) in [7, 11) is 1.61. The zero-order chi connectivity index (χ0) is 23.4. The third-order valence-corrected chi connectivity index (χ3v) is 6.45. The molecule has 0 fully saturated rings. The molecule has 0 radical (unpaired) electrons. The molecule has 0 spiro atoms. The van der Waals surface area contributed by atoms with E-state index in [-0.39, 0.29) is 22.8 Å². The molecule has 1 aliphatic rings. The number of anilines is 3. The van der Waals surface area contributed by atoms with E-state index in [1.165, 1.54) is 0 Å². The van der Waals surface area contributed by atoms with Crippen molar-refractivity contribution in [2.75, 3.05) is 17.7 Å². The van der Waals surface area contributed by atoms with Gasteiger partial charge in [-0.1, -0.05) is 32.4 Å². The van der Waals surface area contributed by atoms with Crippen molar-refractivity contribution in [1.82, 2.24) is 5.06 Å². The summed E-state index contributed by atoms with van der Waals surface area (Å²) in [5.74, 6) is 1.56. The summed E-state index contributed by atoms with van der Waals surface area (Å²) in [4.78, 5) is 30.4. The number of nitrogens with zero attached hydrogens (tertiary/aromatic N) is 1. The lowest BCUT2D eigenvalue weighted by Crippen LogP contribution is -2.39. The van der Waals surface area contributed by atoms with Crippen LogP contribution < -0.4 is 21.5 Å². The van der Waals surface area contributed by atoms with E-state index in [0.29, 0.717) is 18.1 Å². The van der Waals surface area contributed by atoms with Crippen LogP contribution in [0.15, 0.2) is 32.2 Å². The minimum atomic E-state index is -0.544. The van der Waals surface area contributed by atoms with Gasteiger partial charge >= 0.3 is 0 Å². The maximum absolute atomic E-state index is 12.5. The Balaban J connectivity index is 1.68. The van der Waals surface area contributed by atoms with Gasteiger partial charge in [0.25, 0.3) is 10.9 Å². The molecule has 0 bridgehead atoms. The van der Waals surface area contributed by atoms with Gasteiger partial charge in [0.1, 0.15) is 22.9 Å². The molecule has 0 saturated carbocycles. The third-order valence-electron chi connectivity index (χ3n) is 6.10. The van der Waals surface area contributed by atoms with Gasteiger partial charge in [-0.25, -0.2) is 0 Å². The van der Waals surface area contributed by atoms with Gasteiger partial charge in [-0.15, -0.1) is 0 Å². The van der Waals surface area contributed by atoms with E-state index in [2.05, 4.69) is 31.4 Å². The first-order valence-corrected chi connectivity index (χ1v) is 10.9. The van der Waals surface area contributed by atoms with Crippen LogP contribution in [-0.2, 0) is 17.9 Å². The average molecular weight is 458 g/mol. The SMILES string of the molecule is CON1Cc2c(Cl)ccc(Nc3c(N[C@@H](c4cc(C)c(C)o4)C(C)(C)C)c(=O)c3=O)c2C1. The molecule has 3 aromatic rings. The molecule has 0 saturated heterocycles. The zero-order valence-corrected chi connectivity index (χ0v) is 19.9. The topological polar surface area (TPSA) is 83.8 Å². The molecule has 2 N–H and O–H groups in total. The Morgan fingerprint density at radius 1 is 1.09 bits per heavy atom. The Morgan fingerprint density at radius 2 is 1.75 bits per heavy atom. The Labute approximate surface area is 192 Å². The van der Waals surface area contributed by atoms with Crippen LogP contribution in [0, 0.1) is 19.3 Å². The van der Waals surface area contributed by atoms with Crippen molar-refractivity contribution >= 4 is 28.7 Å². The lowest BCUT2D eigenvalue weighted by atomic mass is 9.84. The summed E-state index contributed by atoms with van der Waals surface area (Å²) in [6.45, 7) is 11.2. The van der Waals surface area contributed by atoms with Crippen molar-refractivity contribution in [3.05, 3.63) is 71.9 Å². The fourth-order valence-corrected chi connectivity index (χ4v) is 4.29. The Bertz CT molecular complexity index is 1230. The van der Waals surface area contributed by atoms with Gasteiger partial charge in [0.15, 0.2) is 0 Å². The molecule has 1 atom stereocenters. The maximum Gasteiger partial charge on any atom is 0.253 e. The predicted molar refractivity (Wildman–Crippen MR) is 126 cm³/mol. The Morgan fingerprint density at radius 3 is 2.34 bits per heavy atom. The maximum atomic E-state index is 12.5. The normalized spacial score (nSPS) is 15.2. The first-order valence-electron chi connectivity index (χ1n) is 10.5. The molecule has 0 amide bonds. The molecule has 4 rings (SSSR count). The van der Waals surface area contributed by atoms with Crippen molar-refractivity contribution in [3.63, 3.8) is 0 Å². The molecular formula is C24H28ClN3O4. The standard InChI is InChI=1S/C24H28ClN3O4/c1-12-9-18(32-13(12)2)23(24(3,4)5)27-20-19(21(29)22(20)30)26-17-8-7-16(25)14-10-28(31-6)11-15(14)17/h7-9,23,26-27H,10-11H2,1-6H3/t23-/m0/s1. The van der Waals surface area contributed by atoms with Crippen LogP contribution >= 0.6 is 11.6 Å². The summed E-state index contributed by atoms with van der Waals surface area (Å²) in [6.07, 6.45) is 0. The number of hydrogen-bond donors (Lipinski definition) is 2. The van der Waals surface area contributed by atoms with Crippen molar-refractivity contribution < 1.29 is 9.25 Å². The van der Waals surface area contributed by atoms with Crippen molar-refractivity contribution in [1.29, 1.82) is 0 Å². The zero-order valence-electron chi connectivity index (χ0n) is 19.2. The van der Waals surface area contributed by atoms with Crippen molar-refractivity contribution in [3.8, 4) is 0 Å². The number of hydroxylamine groups is 2. The van der Waals surface area contributed by atoms with Gasteiger partial charge in [-0.2, -0.15) is 5.06 Å². The highest BCUT2D eigenvalue weighted by molar-refractivity contribution is 6.31. The van der Waals surface area contributed by atoms with Crippen molar-refractivity contribution in [2.45, 2.75) is 53.8 Å². The van der Waals surface area contributed by atoms with Crippen molar-refractivity contribution in [2.24, 2.45) is 5.41 Å². The molecule has 2 heterocycles. The number of hydrogen-bond acceptors (Lipinski definition) is 7. The molecule has 1 aromatic heterocycles. The van der Waals surface area contributed by atoms with E-state index < -0.39 is 10.9 Å². The van der Waals surface area contributed by atoms with Crippen LogP contribution in [0.5, 0.6) is 0 Å². The summed E-state index contributed by atoms with van der Waals surface area (Å²) in [5, 5.41) is 8.89. The molecule has 7 nitrogen and oxygen atoms in total. The molecule has 0 unspecified atom stereocenters. The van der Waals surface area contributed by atoms with E-state index in [0.717, 1.165) is 33.9 Å². The lowest BCUT2D eigenvalue weighted by Gasteiger charge is -2.31. The molecule has 0 aliphatic carbocycles. The second kappa shape index (κ2) is 8.06. The van der Waals surface area contributed by atoms with Gasteiger partial charge in [-0.3, -0.25) is 9.59 Å². The van der Waals surface area contributed by atoms with Gasteiger partial charge in [0.2, 0.25) is 0 Å². The summed E-state index contributed by atoms with van der Waals surface area (Å²) >= 11 is 6.36. The highest BCUT2D eigenvalue weighted by Crippen LogP contribution is 2.40. The van der Waals surface area contributed by atoms with E-state index in [9.17, 15) is 9.59 Å². The second-order valence-corrected chi connectivity index (χ2v) is 9.80. The number of benzene rings is 1. The van der Waals surface area contributed by atoms with Crippen LogP contribution in [0.1, 0.15) is 55.0 Å². The van der Waals surface area contributed by atoms with Crippen LogP contribution in [0.25, 0.3) is 0 Å². The summed E-state index contributed by atoms with van der Waals surface area (Å²) < 4.78 is 5.95. The van der Waals surface area contributed by atoms with E-state index in [4.69, 9.17) is 20.9 Å². The average Bonchev–Trinajstić information content (AvgIpc) is 3.31. The van der Waals surface area contributed by atoms with Gasteiger partial charge in [-0.05, 0) is 54.2 Å². The highest BCUT2D eigenvalue weighted by atomic mass is 35.5. The van der Waals surface area contributed by atoms with Gasteiger partial charge in [0.05, 0.1) is 26.2 Å². The molecule has 32 heavy (non-hydrogen) atoms.